The number of carbonyl (C=O) groups excluding carboxylic acids is 1. The van der Waals surface area contributed by atoms with E-state index in [0.29, 0.717) is 18.4 Å². The van der Waals surface area contributed by atoms with Crippen LogP contribution in [0.15, 0.2) is 18.3 Å². The monoisotopic (exact) mass is 180 g/mol. The van der Waals surface area contributed by atoms with E-state index in [2.05, 4.69) is 4.98 Å². The summed E-state index contributed by atoms with van der Waals surface area (Å²) in [4.78, 5) is 13.8. The fourth-order valence-corrected chi connectivity index (χ4v) is 0.918. The van der Waals surface area contributed by atoms with Crippen LogP contribution in [-0.4, -0.2) is 17.8 Å². The molecule has 1 rings (SSSR count). The molecule has 3 nitrogen and oxygen atoms in total. The lowest BCUT2D eigenvalue weighted by molar-refractivity contribution is 0.111. The van der Waals surface area contributed by atoms with Crippen molar-refractivity contribution >= 4 is 12.4 Å². The van der Waals surface area contributed by atoms with Gasteiger partial charge in [0, 0.05) is 12.7 Å². The van der Waals surface area contributed by atoms with E-state index in [9.17, 15) is 9.18 Å². The summed E-state index contributed by atoms with van der Waals surface area (Å²) in [5, 5.41) is 0. The molecule has 68 valence electrons. The Kier molecular flexibility index (Phi) is 3.28. The van der Waals surface area contributed by atoms with Crippen LogP contribution in [0, 0.1) is 5.95 Å². The van der Waals surface area contributed by atoms with E-state index in [1.54, 1.807) is 18.2 Å². The normalized spacial score (nSPS) is 10.6. The largest absolute Gasteiger partial charge is 0.327 e. The molecule has 4 heteroatoms. The van der Waals surface area contributed by atoms with E-state index in [-0.39, 0.29) is 5.56 Å². The Morgan fingerprint density at radius 3 is 3.00 bits per heavy atom. The first-order chi connectivity index (χ1) is 6.29. The second-order valence-corrected chi connectivity index (χ2v) is 2.36. The summed E-state index contributed by atoms with van der Waals surface area (Å²) >= 11 is 0. The lowest BCUT2D eigenvalue weighted by Crippen LogP contribution is -1.96. The van der Waals surface area contributed by atoms with Gasteiger partial charge in [-0.15, -0.1) is 0 Å². The van der Waals surface area contributed by atoms with Gasteiger partial charge >= 0.3 is 0 Å². The van der Waals surface area contributed by atoms with Crippen LogP contribution >= 0.6 is 0 Å². The highest BCUT2D eigenvalue weighted by Gasteiger charge is 2.05. The molecular weight excluding hydrogens is 171 g/mol. The molecule has 0 aliphatic carbocycles. The number of nitrogens with zero attached hydrogens (tertiary/aromatic N) is 1. The lowest BCUT2D eigenvalue weighted by atomic mass is 10.1. The molecule has 0 fully saturated rings. The van der Waals surface area contributed by atoms with Gasteiger partial charge in [0.15, 0.2) is 6.29 Å². The highest BCUT2D eigenvalue weighted by atomic mass is 19.1. The van der Waals surface area contributed by atoms with Gasteiger partial charge in [-0.1, -0.05) is 12.2 Å². The Morgan fingerprint density at radius 1 is 1.62 bits per heavy atom. The minimum Gasteiger partial charge on any atom is -0.327 e. The van der Waals surface area contributed by atoms with E-state index in [1.807, 2.05) is 0 Å². The van der Waals surface area contributed by atoms with Crippen LogP contribution in [-0.2, 0) is 0 Å². The molecule has 0 atom stereocenters. The Morgan fingerprint density at radius 2 is 2.38 bits per heavy atom. The van der Waals surface area contributed by atoms with E-state index in [4.69, 9.17) is 5.73 Å². The molecule has 1 heterocycles. The Labute approximate surface area is 75.1 Å². The molecular formula is C9H9FN2O. The number of nitrogens with two attached hydrogens (primary N) is 1. The molecule has 0 amide bonds. The third kappa shape index (κ3) is 2.19. The molecule has 0 saturated heterocycles. The smallest absolute Gasteiger partial charge is 0.224 e. The van der Waals surface area contributed by atoms with E-state index in [1.165, 1.54) is 6.20 Å². The molecule has 1 aromatic heterocycles. The zero-order valence-electron chi connectivity index (χ0n) is 6.90. The van der Waals surface area contributed by atoms with Crippen LogP contribution in [0.3, 0.4) is 0 Å². The van der Waals surface area contributed by atoms with E-state index in [0.717, 1.165) is 0 Å². The summed E-state index contributed by atoms with van der Waals surface area (Å²) in [6, 6.07) is 1.55. The van der Waals surface area contributed by atoms with Crippen LogP contribution < -0.4 is 5.73 Å². The molecule has 13 heavy (non-hydrogen) atoms. The van der Waals surface area contributed by atoms with Gasteiger partial charge in [0.25, 0.3) is 0 Å². The summed E-state index contributed by atoms with van der Waals surface area (Å²) in [7, 11) is 0. The highest BCUT2D eigenvalue weighted by molar-refractivity contribution is 5.81. The molecule has 0 aliphatic rings. The van der Waals surface area contributed by atoms with Gasteiger partial charge in [-0.25, -0.2) is 4.98 Å². The fraction of sp³-hybridized carbons (Fsp3) is 0.111. The first-order valence-corrected chi connectivity index (χ1v) is 3.76. The van der Waals surface area contributed by atoms with Crippen LogP contribution in [0.2, 0.25) is 0 Å². The molecule has 0 spiro atoms. The molecule has 0 unspecified atom stereocenters. The van der Waals surface area contributed by atoms with Gasteiger partial charge < -0.3 is 5.73 Å². The third-order valence-corrected chi connectivity index (χ3v) is 1.53. The number of hydrogen-bond donors (Lipinski definition) is 1. The van der Waals surface area contributed by atoms with E-state index >= 15 is 0 Å². The first kappa shape index (κ1) is 9.54. The van der Waals surface area contributed by atoms with Crippen molar-refractivity contribution < 1.29 is 9.18 Å². The average Bonchev–Trinajstić information content (AvgIpc) is 2.15. The van der Waals surface area contributed by atoms with Crippen molar-refractivity contribution in [3.8, 4) is 0 Å². The van der Waals surface area contributed by atoms with Crippen molar-refractivity contribution in [1.82, 2.24) is 4.98 Å². The highest BCUT2D eigenvalue weighted by Crippen LogP contribution is 2.10. The molecule has 0 saturated carbocycles. The molecule has 0 aliphatic heterocycles. The predicted molar refractivity (Wildman–Crippen MR) is 47.7 cm³/mol. The SMILES string of the molecule is NCC=Cc1ccnc(F)c1C=O. The number of pyridine rings is 1. The molecule has 0 radical (unpaired) electrons. The first-order valence-electron chi connectivity index (χ1n) is 3.76. The summed E-state index contributed by atoms with van der Waals surface area (Å²) in [6.45, 7) is 0.349. The van der Waals surface area contributed by atoms with Gasteiger partial charge in [-0.05, 0) is 11.6 Å². The summed E-state index contributed by atoms with van der Waals surface area (Å²) < 4.78 is 12.9. The second-order valence-electron chi connectivity index (χ2n) is 2.36. The molecule has 2 N–H and O–H groups in total. The summed E-state index contributed by atoms with van der Waals surface area (Å²) in [5.41, 5.74) is 5.68. The minimum absolute atomic E-state index is 0.0350. The van der Waals surface area contributed by atoms with Crippen molar-refractivity contribution in [2.45, 2.75) is 0 Å². The second kappa shape index (κ2) is 4.47. The van der Waals surface area contributed by atoms with Gasteiger partial charge in [0.1, 0.15) is 0 Å². The average molecular weight is 180 g/mol. The topological polar surface area (TPSA) is 56.0 Å². The van der Waals surface area contributed by atoms with Crippen LogP contribution in [0.5, 0.6) is 0 Å². The standard InChI is InChI=1S/C9H9FN2O/c10-9-8(6-13)7(2-1-4-11)3-5-12-9/h1-3,5-6H,4,11H2. The van der Waals surface area contributed by atoms with Crippen LogP contribution in [0.25, 0.3) is 6.08 Å². The van der Waals surface area contributed by atoms with Gasteiger partial charge in [0.05, 0.1) is 5.56 Å². The number of carbonyl (C=O) groups is 1. The van der Waals surface area contributed by atoms with Gasteiger partial charge in [-0.3, -0.25) is 4.79 Å². The van der Waals surface area contributed by atoms with Gasteiger partial charge in [-0.2, -0.15) is 4.39 Å². The quantitative estimate of drug-likeness (QED) is 0.557. The number of rotatable bonds is 3. The number of aromatic nitrogens is 1. The maximum Gasteiger partial charge on any atom is 0.224 e. The zero-order valence-corrected chi connectivity index (χ0v) is 6.90. The number of halogens is 1. The van der Waals surface area contributed by atoms with Crippen LogP contribution in [0.4, 0.5) is 4.39 Å². The molecule has 0 bridgehead atoms. The Balaban J connectivity index is 3.12. The van der Waals surface area contributed by atoms with Crippen molar-refractivity contribution in [1.29, 1.82) is 0 Å². The fourth-order valence-electron chi connectivity index (χ4n) is 0.918. The Hall–Kier alpha value is -1.55. The van der Waals surface area contributed by atoms with Crippen molar-refractivity contribution in [3.05, 3.63) is 35.4 Å². The van der Waals surface area contributed by atoms with Crippen molar-refractivity contribution in [2.75, 3.05) is 6.54 Å². The lowest BCUT2D eigenvalue weighted by Gasteiger charge is -1.97. The van der Waals surface area contributed by atoms with Crippen molar-refractivity contribution in [3.63, 3.8) is 0 Å². The zero-order chi connectivity index (χ0) is 9.68. The van der Waals surface area contributed by atoms with Gasteiger partial charge in [0.2, 0.25) is 5.95 Å². The third-order valence-electron chi connectivity index (χ3n) is 1.53. The number of hydrogen-bond acceptors (Lipinski definition) is 3. The van der Waals surface area contributed by atoms with Crippen molar-refractivity contribution in [2.24, 2.45) is 5.73 Å². The summed E-state index contributed by atoms with van der Waals surface area (Å²) in [5.74, 6) is -0.755. The molecule has 1 aromatic rings. The molecule has 0 aromatic carbocycles. The minimum atomic E-state index is -0.755. The Bertz CT molecular complexity index is 336. The van der Waals surface area contributed by atoms with Crippen LogP contribution in [0.1, 0.15) is 15.9 Å². The predicted octanol–water partition coefficient (Wildman–Crippen LogP) is 1.01. The summed E-state index contributed by atoms with van der Waals surface area (Å²) in [6.07, 6.45) is 4.98. The number of aldehydes is 1. The maximum atomic E-state index is 12.9. The maximum absolute atomic E-state index is 12.9. The van der Waals surface area contributed by atoms with E-state index < -0.39 is 5.95 Å².